The minimum atomic E-state index is -1.20. The summed E-state index contributed by atoms with van der Waals surface area (Å²) in [6.07, 6.45) is -0.953. The van der Waals surface area contributed by atoms with E-state index in [4.69, 9.17) is 4.84 Å². The lowest BCUT2D eigenvalue weighted by Gasteiger charge is -2.17. The minimum Gasteiger partial charge on any atom is -0.480 e. The molecule has 0 fully saturated rings. The van der Waals surface area contributed by atoms with Crippen LogP contribution in [0.1, 0.15) is 16.8 Å². The summed E-state index contributed by atoms with van der Waals surface area (Å²) in [5.74, 6) is -1.55. The van der Waals surface area contributed by atoms with Crippen molar-refractivity contribution in [1.82, 2.24) is 5.48 Å². The van der Waals surface area contributed by atoms with Gasteiger partial charge in [-0.15, -0.1) is 17.2 Å². The molecule has 2 aromatic rings. The first kappa shape index (κ1) is 19.0. The molecule has 0 spiro atoms. The molecule has 0 saturated heterocycles. The third-order valence-electron chi connectivity index (χ3n) is 3.29. The Bertz CT molecular complexity index is 680. The summed E-state index contributed by atoms with van der Waals surface area (Å²) in [4.78, 5) is 28.9. The zero-order valence-electron chi connectivity index (χ0n) is 13.4. The molecule has 2 rings (SSSR count). The van der Waals surface area contributed by atoms with Gasteiger partial charge in [0.1, 0.15) is 6.04 Å². The van der Waals surface area contributed by atoms with Crippen LogP contribution in [0, 0.1) is 0 Å². The van der Waals surface area contributed by atoms with Gasteiger partial charge in [-0.3, -0.25) is 4.79 Å². The van der Waals surface area contributed by atoms with Gasteiger partial charge in [-0.25, -0.2) is 4.79 Å². The molecule has 3 N–H and O–H groups in total. The van der Waals surface area contributed by atoms with Gasteiger partial charge in [-0.05, 0) is 24.3 Å². The molecule has 0 radical (unpaired) electrons. The molecular formula is C18H19NO5S. The van der Waals surface area contributed by atoms with Crippen LogP contribution in [0.2, 0.25) is 0 Å². The fourth-order valence-electron chi connectivity index (χ4n) is 2.01. The molecule has 0 aromatic heterocycles. The van der Waals surface area contributed by atoms with Crippen LogP contribution in [0.4, 0.5) is 0 Å². The van der Waals surface area contributed by atoms with E-state index in [1.54, 1.807) is 30.3 Å². The van der Waals surface area contributed by atoms with Gasteiger partial charge in [0.2, 0.25) is 0 Å². The van der Waals surface area contributed by atoms with E-state index < -0.39 is 24.1 Å². The molecule has 0 aliphatic rings. The number of nitrogens with one attached hydrogen (secondary N) is 1. The number of carbonyl (C=O) groups excluding carboxylic acids is 1. The number of aliphatic carboxylic acids is 1. The van der Waals surface area contributed by atoms with Crippen LogP contribution in [0.3, 0.4) is 0 Å². The van der Waals surface area contributed by atoms with E-state index in [-0.39, 0.29) is 6.42 Å². The Labute approximate surface area is 149 Å². The lowest BCUT2D eigenvalue weighted by atomic mass is 10.1. The number of carboxylic acids is 1. The lowest BCUT2D eigenvalue weighted by Crippen LogP contribution is -2.41. The van der Waals surface area contributed by atoms with E-state index in [0.29, 0.717) is 11.3 Å². The number of carboxylic acid groups (broad SMARTS) is 1. The first-order valence-electron chi connectivity index (χ1n) is 7.66. The van der Waals surface area contributed by atoms with E-state index in [1.165, 1.54) is 11.8 Å². The fraction of sp³-hybridized carbons (Fsp3) is 0.222. The Morgan fingerprint density at radius 3 is 2.24 bits per heavy atom. The van der Waals surface area contributed by atoms with E-state index in [0.717, 1.165) is 4.90 Å². The standard InChI is InChI=1S/C18H19NO5S/c20-14(12-25-15-9-5-2-6-10-15)11-16(17(21)22)19-24-18(23)13-7-3-1-4-8-13/h1-10,14,16,19-20H,11-12H2,(H,21,22)/t14?,16-/m1/s1. The van der Waals surface area contributed by atoms with Gasteiger partial charge >= 0.3 is 11.9 Å². The molecule has 0 amide bonds. The lowest BCUT2D eigenvalue weighted by molar-refractivity contribution is -0.143. The quantitative estimate of drug-likeness (QED) is 0.466. The largest absolute Gasteiger partial charge is 0.480 e. The van der Waals surface area contributed by atoms with Crippen molar-refractivity contribution in [2.24, 2.45) is 0 Å². The normalized spacial score (nSPS) is 13.0. The average molecular weight is 361 g/mol. The van der Waals surface area contributed by atoms with Crippen molar-refractivity contribution < 1.29 is 24.6 Å². The maximum absolute atomic E-state index is 11.8. The van der Waals surface area contributed by atoms with Crippen molar-refractivity contribution in [3.8, 4) is 0 Å². The van der Waals surface area contributed by atoms with Crippen LogP contribution in [0.15, 0.2) is 65.6 Å². The number of thioether (sulfide) groups is 1. The second-order valence-electron chi connectivity index (χ2n) is 5.28. The van der Waals surface area contributed by atoms with Crippen molar-refractivity contribution >= 4 is 23.7 Å². The monoisotopic (exact) mass is 361 g/mol. The smallest absolute Gasteiger partial charge is 0.356 e. The second-order valence-corrected chi connectivity index (χ2v) is 6.37. The van der Waals surface area contributed by atoms with Crippen molar-refractivity contribution in [1.29, 1.82) is 0 Å². The molecule has 6 nitrogen and oxygen atoms in total. The molecule has 0 aliphatic heterocycles. The molecule has 0 heterocycles. The molecule has 7 heteroatoms. The van der Waals surface area contributed by atoms with Gasteiger partial charge in [-0.2, -0.15) is 0 Å². The SMILES string of the molecule is O=C(ON[C@H](CC(O)CSc1ccccc1)C(=O)O)c1ccccc1. The average Bonchev–Trinajstić information content (AvgIpc) is 2.64. The third kappa shape index (κ3) is 6.58. The van der Waals surface area contributed by atoms with Crippen LogP contribution in [0.5, 0.6) is 0 Å². The van der Waals surface area contributed by atoms with Crippen LogP contribution in [-0.4, -0.2) is 40.1 Å². The molecule has 25 heavy (non-hydrogen) atoms. The summed E-state index contributed by atoms with van der Waals surface area (Å²) in [6, 6.07) is 16.5. The van der Waals surface area contributed by atoms with Gasteiger partial charge in [0.05, 0.1) is 11.7 Å². The first-order valence-corrected chi connectivity index (χ1v) is 8.65. The number of hydrogen-bond donors (Lipinski definition) is 3. The second kappa shape index (κ2) is 9.83. The molecule has 132 valence electrons. The maximum Gasteiger partial charge on any atom is 0.356 e. The van der Waals surface area contributed by atoms with Crippen molar-refractivity contribution in [3.05, 3.63) is 66.2 Å². The van der Waals surface area contributed by atoms with Gasteiger partial charge in [0.15, 0.2) is 0 Å². The number of benzene rings is 2. The van der Waals surface area contributed by atoms with E-state index in [2.05, 4.69) is 5.48 Å². The molecule has 0 bridgehead atoms. The highest BCUT2D eigenvalue weighted by Gasteiger charge is 2.23. The zero-order chi connectivity index (χ0) is 18.1. The third-order valence-corrected chi connectivity index (χ3v) is 4.45. The van der Waals surface area contributed by atoms with Crippen LogP contribution in [0.25, 0.3) is 0 Å². The molecule has 0 aliphatic carbocycles. The predicted molar refractivity (Wildman–Crippen MR) is 94.2 cm³/mol. The summed E-state index contributed by atoms with van der Waals surface area (Å²) in [6.45, 7) is 0. The predicted octanol–water partition coefficient (Wildman–Crippen LogP) is 2.34. The number of hydrogen-bond acceptors (Lipinski definition) is 6. The molecular weight excluding hydrogens is 342 g/mol. The minimum absolute atomic E-state index is 0.0861. The number of carbonyl (C=O) groups is 2. The Hall–Kier alpha value is -2.35. The van der Waals surface area contributed by atoms with Gasteiger partial charge in [-0.1, -0.05) is 36.4 Å². The molecule has 0 saturated carbocycles. The fourth-order valence-corrected chi connectivity index (χ4v) is 2.88. The highest BCUT2D eigenvalue weighted by molar-refractivity contribution is 7.99. The summed E-state index contributed by atoms with van der Waals surface area (Å²) < 4.78 is 0. The van der Waals surface area contributed by atoms with Crippen LogP contribution in [-0.2, 0) is 9.63 Å². The Kier molecular flexibility index (Phi) is 7.46. The maximum atomic E-state index is 11.8. The van der Waals surface area contributed by atoms with Crippen molar-refractivity contribution in [2.45, 2.75) is 23.5 Å². The summed E-state index contributed by atoms with van der Waals surface area (Å²) in [5.41, 5.74) is 2.53. The highest BCUT2D eigenvalue weighted by atomic mass is 32.2. The van der Waals surface area contributed by atoms with Crippen molar-refractivity contribution in [3.63, 3.8) is 0 Å². The van der Waals surface area contributed by atoms with Gasteiger partial charge in [0.25, 0.3) is 0 Å². The summed E-state index contributed by atoms with van der Waals surface area (Å²) in [5, 5.41) is 19.3. The molecule has 1 unspecified atom stereocenters. The van der Waals surface area contributed by atoms with Gasteiger partial charge in [0, 0.05) is 17.1 Å². The molecule has 2 aromatic carbocycles. The van der Waals surface area contributed by atoms with Gasteiger partial charge < -0.3 is 15.1 Å². The van der Waals surface area contributed by atoms with E-state index in [9.17, 15) is 19.8 Å². The zero-order valence-corrected chi connectivity index (χ0v) is 14.2. The van der Waals surface area contributed by atoms with Crippen LogP contribution < -0.4 is 5.48 Å². The summed E-state index contributed by atoms with van der Waals surface area (Å²) >= 11 is 1.43. The van der Waals surface area contributed by atoms with E-state index in [1.807, 2.05) is 30.3 Å². The number of rotatable bonds is 9. The van der Waals surface area contributed by atoms with Crippen molar-refractivity contribution in [2.75, 3.05) is 5.75 Å². The highest BCUT2D eigenvalue weighted by Crippen LogP contribution is 2.19. The number of hydroxylamine groups is 1. The Morgan fingerprint density at radius 2 is 1.64 bits per heavy atom. The van der Waals surface area contributed by atoms with Crippen LogP contribution >= 0.6 is 11.8 Å². The molecule has 2 atom stereocenters. The van der Waals surface area contributed by atoms with E-state index >= 15 is 0 Å². The number of aliphatic hydroxyl groups excluding tert-OH is 1. The Morgan fingerprint density at radius 1 is 1.04 bits per heavy atom. The number of aliphatic hydroxyl groups is 1. The summed E-state index contributed by atoms with van der Waals surface area (Å²) in [7, 11) is 0. The Balaban J connectivity index is 1.81. The first-order chi connectivity index (χ1) is 12.1. The topological polar surface area (TPSA) is 95.9 Å².